The van der Waals surface area contributed by atoms with Crippen molar-refractivity contribution in [1.29, 1.82) is 0 Å². The van der Waals surface area contributed by atoms with E-state index in [1.165, 1.54) is 5.56 Å². The van der Waals surface area contributed by atoms with Gasteiger partial charge in [0, 0.05) is 16.1 Å². The molecular weight excluding hydrogens is 298 g/mol. The quantitative estimate of drug-likeness (QED) is 0.933. The Bertz CT molecular complexity index is 484. The van der Waals surface area contributed by atoms with E-state index in [1.54, 1.807) is 18.4 Å². The van der Waals surface area contributed by atoms with Crippen molar-refractivity contribution in [1.82, 2.24) is 0 Å². The summed E-state index contributed by atoms with van der Waals surface area (Å²) in [6, 6.07) is 8.02. The van der Waals surface area contributed by atoms with Crippen LogP contribution in [0.1, 0.15) is 17.2 Å². The Hall–Kier alpha value is -0.840. The molecule has 2 nitrogen and oxygen atoms in total. The maximum atomic E-state index is 6.22. The number of nitrogens with two attached hydrogens (primary N) is 1. The molecule has 17 heavy (non-hydrogen) atoms. The summed E-state index contributed by atoms with van der Waals surface area (Å²) < 4.78 is 6.36. The van der Waals surface area contributed by atoms with Crippen LogP contribution in [-0.2, 0) is 6.42 Å². The molecule has 1 aromatic carbocycles. The minimum Gasteiger partial charge on any atom is -0.496 e. The first kappa shape index (κ1) is 12.6. The van der Waals surface area contributed by atoms with E-state index < -0.39 is 0 Å². The van der Waals surface area contributed by atoms with Gasteiger partial charge in [-0.25, -0.2) is 0 Å². The number of hydrogen-bond acceptors (Lipinski definition) is 3. The lowest BCUT2D eigenvalue weighted by atomic mass is 10.0. The zero-order valence-corrected chi connectivity index (χ0v) is 11.9. The predicted molar refractivity (Wildman–Crippen MR) is 75.6 cm³/mol. The summed E-state index contributed by atoms with van der Waals surface area (Å²) in [4.78, 5) is 0. The van der Waals surface area contributed by atoms with Crippen LogP contribution < -0.4 is 10.5 Å². The van der Waals surface area contributed by atoms with Gasteiger partial charge >= 0.3 is 0 Å². The summed E-state index contributed by atoms with van der Waals surface area (Å²) >= 11 is 5.12. The Labute approximate surface area is 114 Å². The molecule has 0 aliphatic heterocycles. The van der Waals surface area contributed by atoms with E-state index in [9.17, 15) is 0 Å². The Morgan fingerprint density at radius 2 is 2.24 bits per heavy atom. The highest BCUT2D eigenvalue weighted by molar-refractivity contribution is 9.10. The molecule has 2 rings (SSSR count). The van der Waals surface area contributed by atoms with Crippen molar-refractivity contribution in [3.8, 4) is 5.75 Å². The van der Waals surface area contributed by atoms with Gasteiger partial charge in [0.25, 0.3) is 0 Å². The third-order valence-electron chi connectivity index (χ3n) is 2.63. The summed E-state index contributed by atoms with van der Waals surface area (Å²) in [6.45, 7) is 0. The third kappa shape index (κ3) is 3.09. The monoisotopic (exact) mass is 311 g/mol. The molecule has 1 aromatic heterocycles. The number of ether oxygens (including phenoxy) is 1. The molecule has 0 radical (unpaired) electrons. The van der Waals surface area contributed by atoms with Crippen LogP contribution in [0.4, 0.5) is 0 Å². The fourth-order valence-corrected chi connectivity index (χ4v) is 2.79. The van der Waals surface area contributed by atoms with E-state index in [4.69, 9.17) is 10.5 Å². The Kier molecular flexibility index (Phi) is 4.20. The Morgan fingerprint density at radius 1 is 1.41 bits per heavy atom. The van der Waals surface area contributed by atoms with Crippen molar-refractivity contribution in [2.75, 3.05) is 7.11 Å². The lowest BCUT2D eigenvalue weighted by Gasteiger charge is -2.15. The molecule has 1 unspecified atom stereocenters. The van der Waals surface area contributed by atoms with Gasteiger partial charge in [0.2, 0.25) is 0 Å². The number of hydrogen-bond donors (Lipinski definition) is 1. The van der Waals surface area contributed by atoms with E-state index in [2.05, 4.69) is 32.8 Å². The first-order valence-corrected chi connectivity index (χ1v) is 7.04. The second kappa shape index (κ2) is 5.67. The van der Waals surface area contributed by atoms with Crippen LogP contribution in [0.2, 0.25) is 0 Å². The van der Waals surface area contributed by atoms with Gasteiger partial charge in [-0.3, -0.25) is 0 Å². The second-order valence-electron chi connectivity index (χ2n) is 3.83. The fourth-order valence-electron chi connectivity index (χ4n) is 1.76. The van der Waals surface area contributed by atoms with Gasteiger partial charge in [-0.15, -0.1) is 0 Å². The van der Waals surface area contributed by atoms with E-state index in [0.717, 1.165) is 22.2 Å². The first-order valence-electron chi connectivity index (χ1n) is 5.31. The lowest BCUT2D eigenvalue weighted by molar-refractivity contribution is 0.405. The average molecular weight is 312 g/mol. The van der Waals surface area contributed by atoms with E-state index in [0.29, 0.717) is 0 Å². The number of thiophene rings is 1. The molecule has 0 bridgehead atoms. The molecule has 0 aliphatic carbocycles. The maximum Gasteiger partial charge on any atom is 0.124 e. The second-order valence-corrected chi connectivity index (χ2v) is 5.52. The molecule has 0 fully saturated rings. The third-order valence-corrected chi connectivity index (χ3v) is 3.86. The predicted octanol–water partition coefficient (Wildman–Crippen LogP) is 3.76. The molecule has 2 aromatic rings. The zero-order valence-electron chi connectivity index (χ0n) is 9.52. The van der Waals surface area contributed by atoms with Gasteiger partial charge in [-0.2, -0.15) is 11.3 Å². The van der Waals surface area contributed by atoms with Crippen LogP contribution in [0.3, 0.4) is 0 Å². The highest BCUT2D eigenvalue weighted by Gasteiger charge is 2.13. The molecule has 1 atom stereocenters. The minimum atomic E-state index is -0.0346. The summed E-state index contributed by atoms with van der Waals surface area (Å²) in [5.74, 6) is 0.835. The number of benzene rings is 1. The fraction of sp³-hybridized carbons (Fsp3) is 0.231. The van der Waals surface area contributed by atoms with Crippen molar-refractivity contribution >= 4 is 27.3 Å². The number of methoxy groups -OCH3 is 1. The smallest absolute Gasteiger partial charge is 0.124 e. The highest BCUT2D eigenvalue weighted by Crippen LogP contribution is 2.29. The molecule has 0 saturated heterocycles. The summed E-state index contributed by atoms with van der Waals surface area (Å²) in [5, 5.41) is 4.20. The molecule has 90 valence electrons. The molecule has 0 aliphatic rings. The largest absolute Gasteiger partial charge is 0.496 e. The van der Waals surface area contributed by atoms with Gasteiger partial charge < -0.3 is 10.5 Å². The van der Waals surface area contributed by atoms with Crippen molar-refractivity contribution < 1.29 is 4.74 Å². The molecule has 4 heteroatoms. The van der Waals surface area contributed by atoms with Crippen molar-refractivity contribution in [3.05, 3.63) is 50.6 Å². The number of rotatable bonds is 4. The highest BCUT2D eigenvalue weighted by atomic mass is 79.9. The van der Waals surface area contributed by atoms with E-state index >= 15 is 0 Å². The standard InChI is InChI=1S/C13H14BrNOS/c1-16-13-7-10(14)2-3-11(13)12(15)6-9-4-5-17-8-9/h2-5,7-8,12H,6,15H2,1H3. The van der Waals surface area contributed by atoms with E-state index in [1.807, 2.05) is 18.2 Å². The van der Waals surface area contributed by atoms with Crippen LogP contribution >= 0.6 is 27.3 Å². The SMILES string of the molecule is COc1cc(Br)ccc1C(N)Cc1ccsc1. The maximum absolute atomic E-state index is 6.22. The lowest BCUT2D eigenvalue weighted by Crippen LogP contribution is -2.14. The Balaban J connectivity index is 2.21. The molecule has 2 N–H and O–H groups in total. The molecule has 0 amide bonds. The summed E-state index contributed by atoms with van der Waals surface area (Å²) in [7, 11) is 1.67. The average Bonchev–Trinajstić information content (AvgIpc) is 2.81. The van der Waals surface area contributed by atoms with Crippen LogP contribution in [0.25, 0.3) is 0 Å². The summed E-state index contributed by atoms with van der Waals surface area (Å²) in [5.41, 5.74) is 8.54. The normalized spacial score (nSPS) is 12.4. The number of halogens is 1. The van der Waals surface area contributed by atoms with Crippen LogP contribution in [0, 0.1) is 0 Å². The topological polar surface area (TPSA) is 35.2 Å². The van der Waals surface area contributed by atoms with Crippen LogP contribution in [-0.4, -0.2) is 7.11 Å². The van der Waals surface area contributed by atoms with Gasteiger partial charge in [0.1, 0.15) is 5.75 Å². The van der Waals surface area contributed by atoms with Crippen molar-refractivity contribution in [3.63, 3.8) is 0 Å². The van der Waals surface area contributed by atoms with Crippen molar-refractivity contribution in [2.24, 2.45) is 5.73 Å². The molecular formula is C13H14BrNOS. The summed E-state index contributed by atoms with van der Waals surface area (Å²) in [6.07, 6.45) is 0.835. The molecule has 0 saturated carbocycles. The Morgan fingerprint density at radius 3 is 2.88 bits per heavy atom. The van der Waals surface area contributed by atoms with Gasteiger partial charge in [-0.05, 0) is 40.9 Å². The zero-order chi connectivity index (χ0) is 12.3. The van der Waals surface area contributed by atoms with Gasteiger partial charge in [0.15, 0.2) is 0 Å². The van der Waals surface area contributed by atoms with E-state index in [-0.39, 0.29) is 6.04 Å². The minimum absolute atomic E-state index is 0.0346. The van der Waals surface area contributed by atoms with Crippen LogP contribution in [0.5, 0.6) is 5.75 Å². The molecule has 0 spiro atoms. The first-order chi connectivity index (χ1) is 8.20. The van der Waals surface area contributed by atoms with Crippen LogP contribution in [0.15, 0.2) is 39.5 Å². The van der Waals surface area contributed by atoms with Gasteiger partial charge in [-0.1, -0.05) is 22.0 Å². The van der Waals surface area contributed by atoms with Crippen molar-refractivity contribution in [2.45, 2.75) is 12.5 Å². The molecule has 1 heterocycles. The van der Waals surface area contributed by atoms with Gasteiger partial charge in [0.05, 0.1) is 7.11 Å².